The molecule has 0 amide bonds. The van der Waals surface area contributed by atoms with E-state index in [0.717, 1.165) is 16.0 Å². The average molecular weight is 242 g/mol. The van der Waals surface area contributed by atoms with Gasteiger partial charge in [0.2, 0.25) is 0 Å². The second-order valence-corrected chi connectivity index (χ2v) is 4.60. The minimum absolute atomic E-state index is 0.501. The zero-order chi connectivity index (χ0) is 12.3. The van der Waals surface area contributed by atoms with Crippen molar-refractivity contribution < 1.29 is 5.21 Å². The maximum absolute atomic E-state index is 9.27. The second kappa shape index (κ2) is 4.89. The van der Waals surface area contributed by atoms with Gasteiger partial charge in [-0.05, 0) is 30.2 Å². The van der Waals surface area contributed by atoms with E-state index in [0.29, 0.717) is 10.6 Å². The molecule has 0 saturated heterocycles. The van der Waals surface area contributed by atoms with Gasteiger partial charge < -0.3 is 5.21 Å². The van der Waals surface area contributed by atoms with Crippen molar-refractivity contribution in [2.75, 3.05) is 0 Å². The molecule has 1 aliphatic heterocycles. The van der Waals surface area contributed by atoms with Gasteiger partial charge in [0.25, 0.3) is 0 Å². The molecule has 0 unspecified atom stereocenters. The summed E-state index contributed by atoms with van der Waals surface area (Å²) in [5.41, 5.74) is 2.59. The molecule has 0 fully saturated rings. The van der Waals surface area contributed by atoms with Crippen LogP contribution >= 0.6 is 11.8 Å². The quantitative estimate of drug-likeness (QED) is 0.467. The molecule has 0 aromatic heterocycles. The fourth-order valence-corrected chi connectivity index (χ4v) is 2.41. The summed E-state index contributed by atoms with van der Waals surface area (Å²) < 4.78 is 0. The fourth-order valence-electron chi connectivity index (χ4n) is 1.62. The van der Waals surface area contributed by atoms with E-state index in [-0.39, 0.29) is 0 Å². The molecule has 17 heavy (non-hydrogen) atoms. The first-order valence-electron chi connectivity index (χ1n) is 5.04. The number of aryl methyl sites for hydroxylation is 1. The second-order valence-electron chi connectivity index (χ2n) is 3.54. The Morgan fingerprint density at radius 1 is 1.35 bits per heavy atom. The van der Waals surface area contributed by atoms with Gasteiger partial charge in [0.05, 0.1) is 5.57 Å². The average Bonchev–Trinajstić information content (AvgIpc) is 2.81. The van der Waals surface area contributed by atoms with E-state index >= 15 is 0 Å². The number of hydrogen-bond acceptors (Lipinski definition) is 4. The van der Waals surface area contributed by atoms with E-state index in [4.69, 9.17) is 5.21 Å². The lowest BCUT2D eigenvalue weighted by atomic mass is 10.0. The number of allylic oxidation sites excluding steroid dienone is 2. The van der Waals surface area contributed by atoms with Gasteiger partial charge in [-0.1, -0.05) is 41.2 Å². The molecule has 4 heteroatoms. The highest BCUT2D eigenvalue weighted by molar-refractivity contribution is 8.18. The number of benzene rings is 1. The molecule has 1 aliphatic rings. The Bertz CT molecular complexity index is 579. The molecule has 2 rings (SSSR count). The lowest BCUT2D eigenvalue weighted by Gasteiger charge is -2.05. The smallest absolute Gasteiger partial charge is 0.140 e. The summed E-state index contributed by atoms with van der Waals surface area (Å²) in [6.45, 7) is 1.97. The summed E-state index contributed by atoms with van der Waals surface area (Å²) in [7, 11) is 0. The van der Waals surface area contributed by atoms with Crippen LogP contribution in [0.25, 0.3) is 5.57 Å². The van der Waals surface area contributed by atoms with Gasteiger partial charge in [-0.3, -0.25) is 0 Å². The molecule has 0 atom stereocenters. The van der Waals surface area contributed by atoms with Crippen LogP contribution in [0, 0.1) is 18.3 Å². The van der Waals surface area contributed by atoms with Crippen LogP contribution in [-0.4, -0.2) is 10.3 Å². The van der Waals surface area contributed by atoms with Crippen LogP contribution in [0.1, 0.15) is 11.1 Å². The third-order valence-corrected chi connectivity index (χ3v) is 3.45. The highest BCUT2D eigenvalue weighted by Crippen LogP contribution is 2.34. The van der Waals surface area contributed by atoms with Crippen LogP contribution in [0.2, 0.25) is 0 Å². The lowest BCUT2D eigenvalue weighted by Crippen LogP contribution is -1.88. The molecule has 1 heterocycles. The Balaban J connectivity index is 2.50. The lowest BCUT2D eigenvalue weighted by molar-refractivity contribution is 0.321. The van der Waals surface area contributed by atoms with Gasteiger partial charge in [-0.15, -0.1) is 0 Å². The number of hydrogen-bond donors (Lipinski definition) is 1. The Morgan fingerprint density at radius 2 is 2.12 bits per heavy atom. The standard InChI is InChI=1S/C13H10N2OS/c1-9-4-2-3-5-10(9)11(8-14)12-6-7-13(15-16)17-12/h2-7,16H,1H3. The van der Waals surface area contributed by atoms with E-state index < -0.39 is 0 Å². The zero-order valence-corrected chi connectivity index (χ0v) is 10.0. The summed E-state index contributed by atoms with van der Waals surface area (Å²) in [5, 5.41) is 21.6. The van der Waals surface area contributed by atoms with Gasteiger partial charge in [0.15, 0.2) is 0 Å². The van der Waals surface area contributed by atoms with Gasteiger partial charge in [0, 0.05) is 4.91 Å². The summed E-state index contributed by atoms with van der Waals surface area (Å²) in [4.78, 5) is 0.814. The van der Waals surface area contributed by atoms with E-state index in [1.807, 2.05) is 31.2 Å². The van der Waals surface area contributed by atoms with E-state index in [1.165, 1.54) is 11.8 Å². The van der Waals surface area contributed by atoms with Crippen molar-refractivity contribution >= 4 is 22.4 Å². The number of nitriles is 1. The van der Waals surface area contributed by atoms with Crippen LogP contribution in [0.4, 0.5) is 0 Å². The highest BCUT2D eigenvalue weighted by atomic mass is 32.2. The number of rotatable bonds is 1. The summed E-state index contributed by atoms with van der Waals surface area (Å²) in [6.07, 6.45) is 3.49. The predicted octanol–water partition coefficient (Wildman–Crippen LogP) is 3.32. The third kappa shape index (κ3) is 2.24. The maximum atomic E-state index is 9.27. The van der Waals surface area contributed by atoms with Gasteiger partial charge >= 0.3 is 0 Å². The molecule has 0 radical (unpaired) electrons. The number of nitrogens with zero attached hydrogens (tertiary/aromatic N) is 2. The summed E-state index contributed by atoms with van der Waals surface area (Å²) in [5.74, 6) is 0. The first-order valence-corrected chi connectivity index (χ1v) is 5.86. The maximum Gasteiger partial charge on any atom is 0.140 e. The van der Waals surface area contributed by atoms with Crippen LogP contribution in [-0.2, 0) is 0 Å². The number of thioether (sulfide) groups is 1. The third-order valence-electron chi connectivity index (χ3n) is 2.46. The largest absolute Gasteiger partial charge is 0.410 e. The van der Waals surface area contributed by atoms with Crippen molar-refractivity contribution in [2.24, 2.45) is 5.16 Å². The molecule has 0 bridgehead atoms. The molecule has 1 aromatic carbocycles. The molecule has 3 nitrogen and oxygen atoms in total. The Hall–Kier alpha value is -1.99. The zero-order valence-electron chi connectivity index (χ0n) is 9.21. The fraction of sp³-hybridized carbons (Fsp3) is 0.0769. The van der Waals surface area contributed by atoms with Crippen LogP contribution in [0.3, 0.4) is 0 Å². The molecule has 84 valence electrons. The van der Waals surface area contributed by atoms with Crippen LogP contribution in [0.15, 0.2) is 46.5 Å². The van der Waals surface area contributed by atoms with Crippen molar-refractivity contribution in [3.05, 3.63) is 52.4 Å². The minimum atomic E-state index is 0.501. The predicted molar refractivity (Wildman–Crippen MR) is 69.7 cm³/mol. The Kier molecular flexibility index (Phi) is 3.31. The minimum Gasteiger partial charge on any atom is -0.410 e. The normalized spacial score (nSPS) is 19.4. The Labute approximate surface area is 104 Å². The Morgan fingerprint density at radius 3 is 2.71 bits per heavy atom. The van der Waals surface area contributed by atoms with Crippen molar-refractivity contribution in [2.45, 2.75) is 6.92 Å². The van der Waals surface area contributed by atoms with Crippen molar-refractivity contribution in [1.29, 1.82) is 5.26 Å². The first-order chi connectivity index (χ1) is 8.26. The van der Waals surface area contributed by atoms with Gasteiger partial charge in [-0.2, -0.15) is 5.26 Å². The molecule has 0 saturated carbocycles. The molecule has 1 aromatic rings. The topological polar surface area (TPSA) is 56.4 Å². The molecule has 0 spiro atoms. The van der Waals surface area contributed by atoms with Crippen molar-refractivity contribution in [1.82, 2.24) is 0 Å². The molecular formula is C13H10N2OS. The summed E-state index contributed by atoms with van der Waals surface area (Å²) in [6, 6.07) is 9.96. The highest BCUT2D eigenvalue weighted by Gasteiger charge is 2.16. The SMILES string of the molecule is Cc1ccccc1C(C#N)=C1C=CC(=NO)S1. The van der Waals surface area contributed by atoms with Gasteiger partial charge in [0.1, 0.15) is 11.1 Å². The monoisotopic (exact) mass is 242 g/mol. The first kappa shape index (κ1) is 11.5. The molecule has 1 N–H and O–H groups in total. The van der Waals surface area contributed by atoms with Crippen LogP contribution in [0.5, 0.6) is 0 Å². The van der Waals surface area contributed by atoms with E-state index in [1.54, 1.807) is 12.2 Å². The van der Waals surface area contributed by atoms with E-state index in [9.17, 15) is 5.26 Å². The number of oxime groups is 1. The van der Waals surface area contributed by atoms with Crippen molar-refractivity contribution in [3.8, 4) is 6.07 Å². The summed E-state index contributed by atoms with van der Waals surface area (Å²) >= 11 is 1.29. The van der Waals surface area contributed by atoms with Crippen LogP contribution < -0.4 is 0 Å². The van der Waals surface area contributed by atoms with Gasteiger partial charge in [-0.25, -0.2) is 0 Å². The van der Waals surface area contributed by atoms with E-state index in [2.05, 4.69) is 11.2 Å². The van der Waals surface area contributed by atoms with Crippen molar-refractivity contribution in [3.63, 3.8) is 0 Å². The molecule has 0 aliphatic carbocycles. The molecular weight excluding hydrogens is 232 g/mol.